The van der Waals surface area contributed by atoms with Crippen LogP contribution in [-0.4, -0.2) is 15.3 Å². The van der Waals surface area contributed by atoms with E-state index in [2.05, 4.69) is 27.9 Å². The molecular weight excluding hydrogens is 306 g/mol. The third kappa shape index (κ3) is 2.69. The fraction of sp³-hybridized carbons (Fsp3) is 0.333. The van der Waals surface area contributed by atoms with Gasteiger partial charge in [-0.2, -0.15) is 8.75 Å². The average Bonchev–Trinajstić information content (AvgIpc) is 3.13. The van der Waals surface area contributed by atoms with Gasteiger partial charge in [0.2, 0.25) is 0 Å². The summed E-state index contributed by atoms with van der Waals surface area (Å²) in [4.78, 5) is 0. The highest BCUT2D eigenvalue weighted by molar-refractivity contribution is 7.00. The zero-order valence-electron chi connectivity index (χ0n) is 11.9. The quantitative estimate of drug-likeness (QED) is 0.742. The Kier molecular flexibility index (Phi) is 4.24. The van der Waals surface area contributed by atoms with Crippen LogP contribution in [0.25, 0.3) is 22.4 Å². The topological polar surface area (TPSA) is 51.0 Å². The normalized spacial score (nSPS) is 12.9. The summed E-state index contributed by atoms with van der Waals surface area (Å²) >= 11 is 7.52. The van der Waals surface area contributed by atoms with Gasteiger partial charge in [0.15, 0.2) is 0 Å². The van der Waals surface area contributed by atoms with E-state index in [1.54, 1.807) is 0 Å². The summed E-state index contributed by atoms with van der Waals surface area (Å²) in [7, 11) is 0. The second kappa shape index (κ2) is 6.13. The molecule has 0 saturated carbocycles. The number of hydrogen-bond donors (Lipinski definition) is 1. The Bertz CT molecular complexity index is 752. The Balaban J connectivity index is 2.05. The van der Waals surface area contributed by atoms with Gasteiger partial charge >= 0.3 is 0 Å². The number of rotatable bonds is 5. The highest BCUT2D eigenvalue weighted by Crippen LogP contribution is 2.36. The van der Waals surface area contributed by atoms with E-state index in [0.29, 0.717) is 5.02 Å². The number of nitrogens with zero attached hydrogens (tertiary/aromatic N) is 2. The standard InChI is InChI=1S/C15H16ClN3OS/c1-3-10(17-4-2)12-7-8-13(20-12)14-9(16)5-6-11-15(14)19-21-18-11/h5-8,10,17H,3-4H2,1-2H3. The Morgan fingerprint density at radius 1 is 1.24 bits per heavy atom. The molecule has 1 aromatic carbocycles. The molecule has 1 unspecified atom stereocenters. The molecule has 3 rings (SSSR count). The van der Waals surface area contributed by atoms with Crippen LogP contribution in [-0.2, 0) is 0 Å². The van der Waals surface area contributed by atoms with Crippen LogP contribution in [0.3, 0.4) is 0 Å². The lowest BCUT2D eigenvalue weighted by atomic mass is 10.1. The largest absolute Gasteiger partial charge is 0.459 e. The lowest BCUT2D eigenvalue weighted by Crippen LogP contribution is -2.19. The van der Waals surface area contributed by atoms with Crippen molar-refractivity contribution >= 4 is 34.4 Å². The second-order valence-electron chi connectivity index (χ2n) is 4.77. The number of benzene rings is 1. The summed E-state index contributed by atoms with van der Waals surface area (Å²) in [5.41, 5.74) is 2.46. The van der Waals surface area contributed by atoms with Crippen molar-refractivity contribution in [3.8, 4) is 11.3 Å². The zero-order valence-corrected chi connectivity index (χ0v) is 13.5. The SMILES string of the molecule is CCNC(CC)c1ccc(-c2c(Cl)ccc3nsnc23)o1. The molecule has 6 heteroatoms. The van der Waals surface area contributed by atoms with Crippen LogP contribution in [0.4, 0.5) is 0 Å². The summed E-state index contributed by atoms with van der Waals surface area (Å²) in [6, 6.07) is 7.89. The van der Waals surface area contributed by atoms with E-state index in [4.69, 9.17) is 16.0 Å². The first-order chi connectivity index (χ1) is 10.2. The molecule has 0 aliphatic heterocycles. The highest BCUT2D eigenvalue weighted by atomic mass is 35.5. The Hall–Kier alpha value is -1.43. The van der Waals surface area contributed by atoms with Gasteiger partial charge in [-0.15, -0.1) is 0 Å². The van der Waals surface area contributed by atoms with Crippen molar-refractivity contribution in [3.63, 3.8) is 0 Å². The molecule has 3 aromatic rings. The summed E-state index contributed by atoms with van der Waals surface area (Å²) in [6.45, 7) is 5.12. The van der Waals surface area contributed by atoms with Gasteiger partial charge in [-0.1, -0.05) is 25.4 Å². The van der Waals surface area contributed by atoms with E-state index in [0.717, 1.165) is 41.1 Å². The third-order valence-corrected chi connectivity index (χ3v) is 4.31. The zero-order chi connectivity index (χ0) is 14.8. The average molecular weight is 322 g/mol. The van der Waals surface area contributed by atoms with Gasteiger partial charge in [0.25, 0.3) is 0 Å². The fourth-order valence-electron chi connectivity index (χ4n) is 2.43. The van der Waals surface area contributed by atoms with Gasteiger partial charge in [0, 0.05) is 0 Å². The van der Waals surface area contributed by atoms with Crippen LogP contribution in [0.2, 0.25) is 5.02 Å². The first-order valence-corrected chi connectivity index (χ1v) is 8.09. The molecule has 21 heavy (non-hydrogen) atoms. The van der Waals surface area contributed by atoms with Crippen LogP contribution < -0.4 is 5.32 Å². The summed E-state index contributed by atoms with van der Waals surface area (Å²) in [5.74, 6) is 1.66. The summed E-state index contributed by atoms with van der Waals surface area (Å²) < 4.78 is 14.6. The summed E-state index contributed by atoms with van der Waals surface area (Å²) in [6.07, 6.45) is 0.969. The van der Waals surface area contributed by atoms with Crippen LogP contribution >= 0.6 is 23.3 Å². The van der Waals surface area contributed by atoms with Crippen molar-refractivity contribution in [3.05, 3.63) is 35.0 Å². The van der Waals surface area contributed by atoms with E-state index in [-0.39, 0.29) is 6.04 Å². The fourth-order valence-corrected chi connectivity index (χ4v) is 3.22. The number of aromatic nitrogens is 2. The molecule has 0 aliphatic carbocycles. The predicted molar refractivity (Wildman–Crippen MR) is 86.8 cm³/mol. The van der Waals surface area contributed by atoms with Crippen molar-refractivity contribution in [1.82, 2.24) is 14.1 Å². The van der Waals surface area contributed by atoms with Gasteiger partial charge in [0.1, 0.15) is 22.6 Å². The molecule has 0 amide bonds. The summed E-state index contributed by atoms with van der Waals surface area (Å²) in [5, 5.41) is 4.04. The van der Waals surface area contributed by atoms with Gasteiger partial charge in [-0.25, -0.2) is 0 Å². The van der Waals surface area contributed by atoms with Crippen LogP contribution in [0, 0.1) is 0 Å². The van der Waals surface area contributed by atoms with Gasteiger partial charge < -0.3 is 9.73 Å². The molecule has 0 saturated heterocycles. The second-order valence-corrected chi connectivity index (χ2v) is 5.71. The van der Waals surface area contributed by atoms with Gasteiger partial charge in [-0.05, 0) is 37.2 Å². The molecule has 0 aliphatic rings. The van der Waals surface area contributed by atoms with Crippen molar-refractivity contribution in [2.24, 2.45) is 0 Å². The lowest BCUT2D eigenvalue weighted by Gasteiger charge is -2.12. The number of fused-ring (bicyclic) bond motifs is 1. The Morgan fingerprint density at radius 3 is 2.86 bits per heavy atom. The Morgan fingerprint density at radius 2 is 2.10 bits per heavy atom. The molecule has 0 bridgehead atoms. The predicted octanol–water partition coefficient (Wildman–Crippen LogP) is 4.67. The maximum Gasteiger partial charge on any atom is 0.138 e. The van der Waals surface area contributed by atoms with Crippen molar-refractivity contribution in [2.45, 2.75) is 26.3 Å². The molecular formula is C15H16ClN3OS. The molecule has 4 nitrogen and oxygen atoms in total. The molecule has 2 aromatic heterocycles. The highest BCUT2D eigenvalue weighted by Gasteiger charge is 2.18. The maximum absolute atomic E-state index is 6.34. The molecule has 0 radical (unpaired) electrons. The number of hydrogen-bond acceptors (Lipinski definition) is 5. The van der Waals surface area contributed by atoms with Crippen molar-refractivity contribution in [1.29, 1.82) is 0 Å². The minimum absolute atomic E-state index is 0.218. The van der Waals surface area contributed by atoms with Crippen LogP contribution in [0.15, 0.2) is 28.7 Å². The minimum Gasteiger partial charge on any atom is -0.459 e. The monoisotopic (exact) mass is 321 g/mol. The first-order valence-electron chi connectivity index (χ1n) is 6.98. The van der Waals surface area contributed by atoms with Gasteiger partial charge in [-0.3, -0.25) is 0 Å². The number of nitrogens with one attached hydrogen (secondary N) is 1. The Labute approximate surface area is 132 Å². The van der Waals surface area contributed by atoms with Gasteiger partial charge in [0.05, 0.1) is 28.4 Å². The van der Waals surface area contributed by atoms with E-state index in [1.807, 2.05) is 24.3 Å². The number of halogens is 1. The van der Waals surface area contributed by atoms with E-state index >= 15 is 0 Å². The van der Waals surface area contributed by atoms with E-state index in [9.17, 15) is 0 Å². The molecule has 0 spiro atoms. The molecule has 1 atom stereocenters. The smallest absolute Gasteiger partial charge is 0.138 e. The van der Waals surface area contributed by atoms with E-state index < -0.39 is 0 Å². The molecule has 2 heterocycles. The minimum atomic E-state index is 0.218. The molecule has 110 valence electrons. The first kappa shape index (κ1) is 14.5. The third-order valence-electron chi connectivity index (χ3n) is 3.45. The molecule has 1 N–H and O–H groups in total. The van der Waals surface area contributed by atoms with Crippen LogP contribution in [0.5, 0.6) is 0 Å². The van der Waals surface area contributed by atoms with Crippen molar-refractivity contribution in [2.75, 3.05) is 6.54 Å². The van der Waals surface area contributed by atoms with E-state index in [1.165, 1.54) is 11.7 Å². The van der Waals surface area contributed by atoms with Crippen LogP contribution in [0.1, 0.15) is 32.1 Å². The number of furan rings is 1. The van der Waals surface area contributed by atoms with Crippen molar-refractivity contribution < 1.29 is 4.42 Å². The maximum atomic E-state index is 6.34. The lowest BCUT2D eigenvalue weighted by molar-refractivity contribution is 0.417. The molecule has 0 fully saturated rings.